The van der Waals surface area contributed by atoms with E-state index in [0.29, 0.717) is 5.56 Å². The van der Waals surface area contributed by atoms with Crippen molar-refractivity contribution in [2.24, 2.45) is 5.73 Å². The van der Waals surface area contributed by atoms with E-state index in [-0.39, 0.29) is 0 Å². The van der Waals surface area contributed by atoms with Gasteiger partial charge in [-0.15, -0.1) is 0 Å². The number of nitrogens with two attached hydrogens (primary N) is 2. The van der Waals surface area contributed by atoms with Crippen LogP contribution in [-0.2, 0) is 0 Å². The molecule has 0 aliphatic carbocycles. The van der Waals surface area contributed by atoms with Gasteiger partial charge in [0.1, 0.15) is 0 Å². The number of primary amides is 1. The molecule has 82 valence electrons. The van der Waals surface area contributed by atoms with Crippen LogP contribution in [-0.4, -0.2) is 5.91 Å². The van der Waals surface area contributed by atoms with Gasteiger partial charge in [0.05, 0.1) is 0 Å². The molecule has 0 saturated heterocycles. The van der Waals surface area contributed by atoms with Crippen LogP contribution in [0.1, 0.15) is 21.5 Å². The van der Waals surface area contributed by atoms with Gasteiger partial charge in [-0.1, -0.05) is 12.1 Å². The van der Waals surface area contributed by atoms with Gasteiger partial charge in [0.2, 0.25) is 5.91 Å². The average molecular weight is 214 g/mol. The van der Waals surface area contributed by atoms with Crippen LogP contribution >= 0.6 is 0 Å². The van der Waals surface area contributed by atoms with E-state index in [1.165, 1.54) is 0 Å². The third kappa shape index (κ3) is 1.41. The first kappa shape index (κ1) is 10.5. The molecule has 2 aromatic rings. The molecule has 0 aromatic heterocycles. The Balaban J connectivity index is 2.94. The standard InChI is InChI=1S/C13H14N2O/c1-7-8(2)12-9(4-3-5-11(12)14)6-10(7)13(15)16/h3-6H,14H2,1-2H3,(H2,15,16). The highest BCUT2D eigenvalue weighted by Gasteiger charge is 2.11. The molecule has 0 saturated carbocycles. The van der Waals surface area contributed by atoms with E-state index < -0.39 is 5.91 Å². The highest BCUT2D eigenvalue weighted by Crippen LogP contribution is 2.29. The van der Waals surface area contributed by atoms with Crippen molar-refractivity contribution in [3.05, 3.63) is 41.0 Å². The maximum atomic E-state index is 11.3. The summed E-state index contributed by atoms with van der Waals surface area (Å²) < 4.78 is 0. The van der Waals surface area contributed by atoms with E-state index in [2.05, 4.69) is 0 Å². The summed E-state index contributed by atoms with van der Waals surface area (Å²) in [4.78, 5) is 11.3. The quantitative estimate of drug-likeness (QED) is 0.714. The second-order valence-corrected chi connectivity index (χ2v) is 3.98. The predicted octanol–water partition coefficient (Wildman–Crippen LogP) is 2.14. The lowest BCUT2D eigenvalue weighted by atomic mass is 9.94. The zero-order valence-electron chi connectivity index (χ0n) is 9.37. The van der Waals surface area contributed by atoms with Gasteiger partial charge in [-0.05, 0) is 42.5 Å². The van der Waals surface area contributed by atoms with Crippen LogP contribution in [0.2, 0.25) is 0 Å². The highest BCUT2D eigenvalue weighted by molar-refractivity contribution is 6.03. The van der Waals surface area contributed by atoms with Crippen LogP contribution in [0, 0.1) is 13.8 Å². The monoisotopic (exact) mass is 214 g/mol. The first-order valence-corrected chi connectivity index (χ1v) is 5.10. The fraction of sp³-hybridized carbons (Fsp3) is 0.154. The lowest BCUT2D eigenvalue weighted by molar-refractivity contribution is 0.1000. The molecule has 3 heteroatoms. The van der Waals surface area contributed by atoms with E-state index in [0.717, 1.165) is 27.6 Å². The summed E-state index contributed by atoms with van der Waals surface area (Å²) in [6.07, 6.45) is 0. The number of aryl methyl sites for hydroxylation is 1. The number of nitrogen functional groups attached to an aromatic ring is 1. The van der Waals surface area contributed by atoms with Crippen LogP contribution in [0.3, 0.4) is 0 Å². The second-order valence-electron chi connectivity index (χ2n) is 3.98. The van der Waals surface area contributed by atoms with Crippen molar-refractivity contribution in [3.63, 3.8) is 0 Å². The zero-order chi connectivity index (χ0) is 11.9. The van der Waals surface area contributed by atoms with Crippen LogP contribution in [0.15, 0.2) is 24.3 Å². The predicted molar refractivity (Wildman–Crippen MR) is 66.4 cm³/mol. The molecule has 4 N–H and O–H groups in total. The molecule has 0 spiro atoms. The second kappa shape index (κ2) is 3.52. The maximum Gasteiger partial charge on any atom is 0.248 e. The molecule has 0 fully saturated rings. The number of hydrogen-bond acceptors (Lipinski definition) is 2. The third-order valence-electron chi connectivity index (χ3n) is 3.04. The molecular weight excluding hydrogens is 200 g/mol. The van der Waals surface area contributed by atoms with Crippen molar-refractivity contribution in [2.75, 3.05) is 5.73 Å². The number of fused-ring (bicyclic) bond motifs is 1. The van der Waals surface area contributed by atoms with Gasteiger partial charge in [-0.2, -0.15) is 0 Å². The summed E-state index contributed by atoms with van der Waals surface area (Å²) in [5.41, 5.74) is 14.5. The van der Waals surface area contributed by atoms with E-state index in [4.69, 9.17) is 11.5 Å². The number of carbonyl (C=O) groups is 1. The molecule has 0 atom stereocenters. The fourth-order valence-electron chi connectivity index (χ4n) is 2.05. The topological polar surface area (TPSA) is 69.1 Å². The maximum absolute atomic E-state index is 11.3. The Hall–Kier alpha value is -2.03. The number of carbonyl (C=O) groups excluding carboxylic acids is 1. The van der Waals surface area contributed by atoms with Crippen LogP contribution in [0.4, 0.5) is 5.69 Å². The molecule has 1 amide bonds. The minimum absolute atomic E-state index is 0.398. The van der Waals surface area contributed by atoms with Crippen LogP contribution in [0.5, 0.6) is 0 Å². The van der Waals surface area contributed by atoms with Gasteiger partial charge in [-0.25, -0.2) is 0 Å². The summed E-state index contributed by atoms with van der Waals surface area (Å²) >= 11 is 0. The number of benzene rings is 2. The smallest absolute Gasteiger partial charge is 0.248 e. The van der Waals surface area contributed by atoms with Gasteiger partial charge >= 0.3 is 0 Å². The summed E-state index contributed by atoms with van der Waals surface area (Å²) in [6, 6.07) is 7.47. The molecule has 0 bridgehead atoms. The zero-order valence-corrected chi connectivity index (χ0v) is 9.37. The average Bonchev–Trinajstić information content (AvgIpc) is 2.22. The minimum Gasteiger partial charge on any atom is -0.398 e. The largest absolute Gasteiger partial charge is 0.398 e. The van der Waals surface area contributed by atoms with Crippen molar-refractivity contribution < 1.29 is 4.79 Å². The molecule has 0 heterocycles. The van der Waals surface area contributed by atoms with Gasteiger partial charge in [0, 0.05) is 16.6 Å². The van der Waals surface area contributed by atoms with Crippen LogP contribution in [0.25, 0.3) is 10.8 Å². The molecule has 0 radical (unpaired) electrons. The normalized spacial score (nSPS) is 10.6. The van der Waals surface area contributed by atoms with E-state index in [1.54, 1.807) is 6.07 Å². The number of hydrogen-bond donors (Lipinski definition) is 2. The van der Waals surface area contributed by atoms with Crippen molar-refractivity contribution >= 4 is 22.4 Å². The van der Waals surface area contributed by atoms with E-state index >= 15 is 0 Å². The first-order chi connectivity index (χ1) is 7.52. The van der Waals surface area contributed by atoms with Crippen molar-refractivity contribution in [1.29, 1.82) is 0 Å². The van der Waals surface area contributed by atoms with Gasteiger partial charge in [0.15, 0.2) is 0 Å². The summed E-state index contributed by atoms with van der Waals surface area (Å²) in [7, 11) is 0. The highest BCUT2D eigenvalue weighted by atomic mass is 16.1. The van der Waals surface area contributed by atoms with E-state index in [1.807, 2.05) is 32.0 Å². The third-order valence-corrected chi connectivity index (χ3v) is 3.04. The molecule has 0 aliphatic heterocycles. The number of amides is 1. The molecule has 0 unspecified atom stereocenters. The van der Waals surface area contributed by atoms with Gasteiger partial charge < -0.3 is 11.5 Å². The first-order valence-electron chi connectivity index (χ1n) is 5.10. The lowest BCUT2D eigenvalue weighted by Crippen LogP contribution is -2.13. The minimum atomic E-state index is -0.398. The summed E-state index contributed by atoms with van der Waals surface area (Å²) in [5, 5.41) is 1.96. The Bertz CT molecular complexity index is 588. The SMILES string of the molecule is Cc1c(C(N)=O)cc2cccc(N)c2c1C. The number of anilines is 1. The molecule has 2 rings (SSSR count). The molecule has 3 nitrogen and oxygen atoms in total. The Morgan fingerprint density at radius 3 is 2.50 bits per heavy atom. The van der Waals surface area contributed by atoms with Crippen molar-refractivity contribution in [3.8, 4) is 0 Å². The van der Waals surface area contributed by atoms with Crippen molar-refractivity contribution in [1.82, 2.24) is 0 Å². The van der Waals surface area contributed by atoms with Crippen LogP contribution < -0.4 is 11.5 Å². The Morgan fingerprint density at radius 1 is 1.19 bits per heavy atom. The lowest BCUT2D eigenvalue weighted by Gasteiger charge is -2.11. The molecule has 0 aliphatic rings. The molecule has 16 heavy (non-hydrogen) atoms. The van der Waals surface area contributed by atoms with Gasteiger partial charge in [0.25, 0.3) is 0 Å². The summed E-state index contributed by atoms with van der Waals surface area (Å²) in [5.74, 6) is -0.398. The summed E-state index contributed by atoms with van der Waals surface area (Å²) in [6.45, 7) is 3.85. The molecule has 2 aromatic carbocycles. The Labute approximate surface area is 94.0 Å². The Morgan fingerprint density at radius 2 is 1.88 bits per heavy atom. The Kier molecular flexibility index (Phi) is 2.31. The molecular formula is C13H14N2O. The van der Waals surface area contributed by atoms with Crippen molar-refractivity contribution in [2.45, 2.75) is 13.8 Å². The van der Waals surface area contributed by atoms with E-state index in [9.17, 15) is 4.79 Å². The number of rotatable bonds is 1. The van der Waals surface area contributed by atoms with Gasteiger partial charge in [-0.3, -0.25) is 4.79 Å². The fourth-order valence-corrected chi connectivity index (χ4v) is 2.05.